The van der Waals surface area contributed by atoms with Crippen molar-refractivity contribution in [2.75, 3.05) is 5.75 Å². The van der Waals surface area contributed by atoms with E-state index >= 15 is 0 Å². The highest BCUT2D eigenvalue weighted by atomic mass is 32.2. The van der Waals surface area contributed by atoms with Crippen molar-refractivity contribution >= 4 is 51.3 Å². The highest BCUT2D eigenvalue weighted by molar-refractivity contribution is 8.15. The lowest BCUT2D eigenvalue weighted by molar-refractivity contribution is -0.132. The van der Waals surface area contributed by atoms with Crippen LogP contribution in [-0.4, -0.2) is 27.7 Å². The van der Waals surface area contributed by atoms with Crippen molar-refractivity contribution in [3.05, 3.63) is 42.0 Å². The Kier molecular flexibility index (Phi) is 4.00. The Morgan fingerprint density at radius 2 is 2.00 bits per heavy atom. The molecule has 25 heavy (non-hydrogen) atoms. The van der Waals surface area contributed by atoms with E-state index in [1.807, 2.05) is 12.1 Å². The summed E-state index contributed by atoms with van der Waals surface area (Å²) in [6.07, 6.45) is 0.773. The largest absolute Gasteiger partial charge is 0.304 e. The normalized spacial score (nSPS) is 22.0. The minimum absolute atomic E-state index is 0.126. The molecule has 2 amide bonds. The molecule has 128 valence electrons. The van der Waals surface area contributed by atoms with E-state index in [4.69, 9.17) is 0 Å². The summed E-state index contributed by atoms with van der Waals surface area (Å²) >= 11 is 3.27. The Bertz CT molecular complexity index is 928. The van der Waals surface area contributed by atoms with Crippen molar-refractivity contribution in [1.82, 2.24) is 10.3 Å². The number of hydrogen-bond donors (Lipinski definition) is 1. The van der Waals surface area contributed by atoms with Gasteiger partial charge in [-0.15, -0.1) is 16.9 Å². The average Bonchev–Trinajstić information content (AvgIpc) is 2.92. The SMILES string of the molecule is CC(=O)NC1=NN(C(C)=O)[C@@]2(CCSc3ccc4ccccc4c32)S1. The number of thioether (sulfide) groups is 2. The van der Waals surface area contributed by atoms with Gasteiger partial charge in [0.05, 0.1) is 0 Å². The minimum Gasteiger partial charge on any atom is -0.304 e. The number of benzene rings is 2. The van der Waals surface area contributed by atoms with Crippen molar-refractivity contribution in [2.24, 2.45) is 5.10 Å². The molecule has 0 bridgehead atoms. The zero-order valence-electron chi connectivity index (χ0n) is 13.9. The van der Waals surface area contributed by atoms with Gasteiger partial charge in [-0.05, 0) is 23.3 Å². The van der Waals surface area contributed by atoms with E-state index in [2.05, 4.69) is 34.7 Å². The first-order valence-electron chi connectivity index (χ1n) is 8.02. The molecular formula is C18H17N3O2S2. The van der Waals surface area contributed by atoms with Gasteiger partial charge in [0.25, 0.3) is 0 Å². The number of fused-ring (bicyclic) bond motifs is 4. The highest BCUT2D eigenvalue weighted by Crippen LogP contribution is 2.56. The molecule has 0 saturated heterocycles. The fourth-order valence-corrected chi connectivity index (χ4v) is 6.25. The number of amidine groups is 1. The van der Waals surface area contributed by atoms with Crippen LogP contribution in [0.15, 0.2) is 46.4 Å². The second-order valence-electron chi connectivity index (χ2n) is 6.06. The molecule has 0 fully saturated rings. The first-order valence-corrected chi connectivity index (χ1v) is 9.82. The third kappa shape index (κ3) is 2.62. The third-order valence-corrected chi connectivity index (χ3v) is 6.72. The van der Waals surface area contributed by atoms with Crippen LogP contribution in [0.25, 0.3) is 10.8 Å². The standard InChI is InChI=1S/C18H17N3O2S2/c1-11(22)19-17-20-21(12(2)23)18(25-17)9-10-24-15-8-7-13-5-3-4-6-14(13)16(15)18/h3-8H,9-10H2,1-2H3,(H,19,20,22)/t18-/m0/s1. The molecule has 0 unspecified atom stereocenters. The monoisotopic (exact) mass is 371 g/mol. The Balaban J connectivity index is 1.93. The molecule has 2 aliphatic rings. The van der Waals surface area contributed by atoms with E-state index in [-0.39, 0.29) is 11.8 Å². The average molecular weight is 371 g/mol. The molecule has 2 aliphatic heterocycles. The number of hydrazone groups is 1. The number of carbonyl (C=O) groups excluding carboxylic acids is 2. The fourth-order valence-electron chi connectivity index (χ4n) is 3.43. The zero-order valence-corrected chi connectivity index (χ0v) is 15.5. The quantitative estimate of drug-likeness (QED) is 0.770. The minimum atomic E-state index is -0.606. The number of rotatable bonds is 0. The molecule has 0 saturated carbocycles. The first kappa shape index (κ1) is 16.5. The summed E-state index contributed by atoms with van der Waals surface area (Å²) in [4.78, 5) is 24.4. The summed E-state index contributed by atoms with van der Waals surface area (Å²) in [6.45, 7) is 2.97. The van der Waals surface area contributed by atoms with Gasteiger partial charge in [-0.25, -0.2) is 5.01 Å². The summed E-state index contributed by atoms with van der Waals surface area (Å²) in [5.41, 5.74) is 1.12. The Morgan fingerprint density at radius 1 is 1.20 bits per heavy atom. The highest BCUT2D eigenvalue weighted by Gasteiger charge is 2.51. The van der Waals surface area contributed by atoms with Gasteiger partial charge in [-0.3, -0.25) is 9.59 Å². The Hall–Kier alpha value is -1.99. The van der Waals surface area contributed by atoms with E-state index in [0.29, 0.717) is 5.17 Å². The number of nitrogens with zero attached hydrogens (tertiary/aromatic N) is 2. The molecule has 0 aliphatic carbocycles. The lowest BCUT2D eigenvalue weighted by Gasteiger charge is -2.39. The summed E-state index contributed by atoms with van der Waals surface area (Å²) < 4.78 is 0. The molecule has 1 N–H and O–H groups in total. The van der Waals surface area contributed by atoms with Crippen LogP contribution in [0.4, 0.5) is 0 Å². The molecule has 7 heteroatoms. The summed E-state index contributed by atoms with van der Waals surface area (Å²) in [5.74, 6) is 0.583. The Labute approximate surface area is 154 Å². The fraction of sp³-hybridized carbons (Fsp3) is 0.278. The molecule has 5 nitrogen and oxygen atoms in total. The molecule has 2 aromatic carbocycles. The van der Waals surface area contributed by atoms with Crippen LogP contribution >= 0.6 is 23.5 Å². The molecule has 2 heterocycles. The molecule has 1 atom stereocenters. The van der Waals surface area contributed by atoms with Crippen molar-refractivity contribution in [3.63, 3.8) is 0 Å². The van der Waals surface area contributed by atoms with Gasteiger partial charge >= 0.3 is 0 Å². The van der Waals surface area contributed by atoms with Crippen LogP contribution in [0.2, 0.25) is 0 Å². The van der Waals surface area contributed by atoms with E-state index in [1.54, 1.807) is 16.8 Å². The van der Waals surface area contributed by atoms with Crippen LogP contribution in [-0.2, 0) is 14.5 Å². The maximum absolute atomic E-state index is 12.4. The molecule has 0 aromatic heterocycles. The van der Waals surface area contributed by atoms with Crippen molar-refractivity contribution in [1.29, 1.82) is 0 Å². The first-order chi connectivity index (χ1) is 12.0. The molecule has 1 spiro atoms. The van der Waals surface area contributed by atoms with Crippen molar-refractivity contribution < 1.29 is 9.59 Å². The van der Waals surface area contributed by atoms with Gasteiger partial charge in [0.2, 0.25) is 11.8 Å². The van der Waals surface area contributed by atoms with Crippen LogP contribution in [0, 0.1) is 0 Å². The van der Waals surface area contributed by atoms with Gasteiger partial charge < -0.3 is 5.32 Å². The lowest BCUT2D eigenvalue weighted by Crippen LogP contribution is -2.42. The van der Waals surface area contributed by atoms with Crippen LogP contribution in [0.5, 0.6) is 0 Å². The van der Waals surface area contributed by atoms with E-state index < -0.39 is 4.87 Å². The molecule has 0 radical (unpaired) electrons. The third-order valence-electron chi connectivity index (χ3n) is 4.36. The lowest BCUT2D eigenvalue weighted by atomic mass is 9.95. The van der Waals surface area contributed by atoms with Crippen molar-refractivity contribution in [2.45, 2.75) is 30.0 Å². The van der Waals surface area contributed by atoms with E-state index in [1.165, 1.54) is 30.5 Å². The summed E-state index contributed by atoms with van der Waals surface area (Å²) in [5, 5.41) is 11.5. The zero-order chi connectivity index (χ0) is 17.6. The summed E-state index contributed by atoms with van der Waals surface area (Å²) in [6, 6.07) is 12.4. The van der Waals surface area contributed by atoms with Gasteiger partial charge in [-0.1, -0.05) is 42.1 Å². The van der Waals surface area contributed by atoms with E-state index in [0.717, 1.165) is 28.5 Å². The number of carbonyl (C=O) groups is 2. The number of amides is 2. The maximum Gasteiger partial charge on any atom is 0.241 e. The van der Waals surface area contributed by atoms with Crippen molar-refractivity contribution in [3.8, 4) is 0 Å². The van der Waals surface area contributed by atoms with Gasteiger partial charge in [0.1, 0.15) is 4.87 Å². The second kappa shape index (κ2) is 6.07. The Morgan fingerprint density at radius 3 is 2.76 bits per heavy atom. The molecule has 4 rings (SSSR count). The second-order valence-corrected chi connectivity index (χ2v) is 8.46. The van der Waals surface area contributed by atoms with E-state index in [9.17, 15) is 9.59 Å². The van der Waals surface area contributed by atoms with Crippen LogP contribution in [0.3, 0.4) is 0 Å². The van der Waals surface area contributed by atoms with Crippen LogP contribution in [0.1, 0.15) is 25.8 Å². The van der Waals surface area contributed by atoms with Gasteiger partial charge in [0.15, 0.2) is 5.17 Å². The number of hydrogen-bond acceptors (Lipinski definition) is 5. The van der Waals surface area contributed by atoms with Crippen LogP contribution < -0.4 is 5.32 Å². The van der Waals surface area contributed by atoms with Gasteiger partial charge in [0, 0.05) is 30.1 Å². The maximum atomic E-state index is 12.4. The topological polar surface area (TPSA) is 61.8 Å². The molecular weight excluding hydrogens is 354 g/mol. The predicted octanol–water partition coefficient (Wildman–Crippen LogP) is 3.49. The number of nitrogens with one attached hydrogen (secondary N) is 1. The predicted molar refractivity (Wildman–Crippen MR) is 102 cm³/mol. The smallest absolute Gasteiger partial charge is 0.241 e. The molecule has 2 aromatic rings. The van der Waals surface area contributed by atoms with Gasteiger partial charge in [-0.2, -0.15) is 0 Å². The summed E-state index contributed by atoms with van der Waals surface area (Å²) in [7, 11) is 0.